The van der Waals surface area contributed by atoms with Crippen LogP contribution >= 0.6 is 40.1 Å². The molecule has 0 aliphatic carbocycles. The van der Waals surface area contributed by atoms with Crippen LogP contribution in [0.3, 0.4) is 0 Å². The highest BCUT2D eigenvalue weighted by molar-refractivity contribution is 9.10. The molecule has 0 unspecified atom stereocenters. The second-order valence-electron chi connectivity index (χ2n) is 14.5. The first-order valence-corrected chi connectivity index (χ1v) is 21.1. The maximum Gasteiger partial charge on any atom is 0.702 e. The van der Waals surface area contributed by atoms with Crippen molar-refractivity contribution in [2.24, 2.45) is 23.7 Å². The topological polar surface area (TPSA) is 176 Å². The van der Waals surface area contributed by atoms with Crippen LogP contribution in [0.1, 0.15) is 94.9 Å². The first kappa shape index (κ1) is 47.1. The monoisotopic (exact) mass is 899 g/mol. The fourth-order valence-corrected chi connectivity index (χ4v) is 8.03. The predicted octanol–water partition coefficient (Wildman–Crippen LogP) is 9.43. The van der Waals surface area contributed by atoms with Crippen LogP contribution in [0.25, 0.3) is 0 Å². The molecular weight excluding hydrogens is 843 g/mol. The average Bonchev–Trinajstić information content (AvgIpc) is 3.08. The van der Waals surface area contributed by atoms with Gasteiger partial charge in [-0.05, 0) is 61.4 Å². The number of carbonyl (C=O) groups is 4. The zero-order chi connectivity index (χ0) is 40.8. The van der Waals surface area contributed by atoms with Crippen molar-refractivity contribution in [3.05, 3.63) is 57.5 Å². The Hall–Kier alpha value is -3.10. The van der Waals surface area contributed by atoms with E-state index < -0.39 is 79.3 Å². The number of urea groups is 2. The van der Waals surface area contributed by atoms with E-state index in [0.29, 0.717) is 37.1 Å². The van der Waals surface area contributed by atoms with Gasteiger partial charge in [0.05, 0.1) is 0 Å². The van der Waals surface area contributed by atoms with Gasteiger partial charge in [0.15, 0.2) is 0 Å². The molecule has 0 radical (unpaired) electrons. The highest BCUT2D eigenvalue weighted by Gasteiger charge is 2.55. The Morgan fingerprint density at radius 1 is 0.593 bits per heavy atom. The molecule has 0 saturated heterocycles. The quantitative estimate of drug-likeness (QED) is 0.0567. The SMILES string of the molecule is CCC[C@H](NC(=O)Nc1ccc(Br)cc1)C(=O)NC(O[P+](=O)OC(NC(=O)[C@H](CCC)NC(=O)Nc1ccc(Br)cc1)(C(C)C)C(C)C)(C(C)C)C(C)C. The van der Waals surface area contributed by atoms with Crippen molar-refractivity contribution in [3.63, 3.8) is 0 Å². The fraction of sp³-hybridized carbons (Fsp3) is 0.579. The molecule has 0 spiro atoms. The Labute approximate surface area is 338 Å². The predicted molar refractivity (Wildman–Crippen MR) is 221 cm³/mol. The summed E-state index contributed by atoms with van der Waals surface area (Å²) >= 11 is 6.74. The molecule has 54 heavy (non-hydrogen) atoms. The summed E-state index contributed by atoms with van der Waals surface area (Å²) in [7, 11) is -2.99. The number of hydrogen-bond acceptors (Lipinski definition) is 7. The summed E-state index contributed by atoms with van der Waals surface area (Å²) in [6.07, 6.45) is 1.85. The molecule has 2 atom stereocenters. The lowest BCUT2D eigenvalue weighted by Gasteiger charge is -2.39. The molecule has 300 valence electrons. The van der Waals surface area contributed by atoms with E-state index in [1.807, 2.05) is 69.2 Å². The highest BCUT2D eigenvalue weighted by atomic mass is 79.9. The molecule has 16 heteroatoms. The number of hydrogen-bond donors (Lipinski definition) is 6. The van der Waals surface area contributed by atoms with Gasteiger partial charge in [-0.15, -0.1) is 0 Å². The summed E-state index contributed by atoms with van der Waals surface area (Å²) in [5.41, 5.74) is -1.90. The highest BCUT2D eigenvalue weighted by Crippen LogP contribution is 2.44. The van der Waals surface area contributed by atoms with Gasteiger partial charge in [0.25, 0.3) is 0 Å². The molecule has 2 aromatic rings. The maximum atomic E-state index is 14.1. The number of carbonyl (C=O) groups excluding carboxylic acids is 4. The number of nitrogens with one attached hydrogen (secondary N) is 6. The molecule has 0 aliphatic rings. The van der Waals surface area contributed by atoms with Crippen molar-refractivity contribution in [2.75, 3.05) is 10.6 Å². The number of anilines is 2. The van der Waals surface area contributed by atoms with Gasteiger partial charge in [0.1, 0.15) is 12.1 Å². The third-order valence-corrected chi connectivity index (χ3v) is 11.1. The smallest absolute Gasteiger partial charge is 0.326 e. The van der Waals surface area contributed by atoms with Gasteiger partial charge in [-0.2, -0.15) is 0 Å². The van der Waals surface area contributed by atoms with Crippen molar-refractivity contribution in [1.82, 2.24) is 21.3 Å². The van der Waals surface area contributed by atoms with Gasteiger partial charge >= 0.3 is 20.3 Å². The van der Waals surface area contributed by atoms with Crippen LogP contribution in [-0.2, 0) is 23.2 Å². The third kappa shape index (κ3) is 13.6. The Bertz CT molecular complexity index is 1430. The second kappa shape index (κ2) is 21.8. The van der Waals surface area contributed by atoms with Gasteiger partial charge in [-0.25, -0.2) is 9.59 Å². The van der Waals surface area contributed by atoms with E-state index >= 15 is 0 Å². The van der Waals surface area contributed by atoms with E-state index in [-0.39, 0.29) is 0 Å². The standard InChI is InChI=1S/C38H57Br2N6O7P/c1-11-13-31(43-35(49)41-29-19-15-27(39)16-20-29)33(47)45-37(23(3)4,24(5)6)52-54(51)53-38(25(7)8,26(9)10)46-34(48)32(14-12-2)44-36(50)42-30-21-17-28(40)18-22-30/h15-26,31-32H,11-14H2,1-10H3,(H5-,41,42,43,44,45,46,47,48,49,50)/p+1/t31-,32-/m0/s1. The van der Waals surface area contributed by atoms with Crippen molar-refractivity contribution in [2.45, 2.75) is 118 Å². The second-order valence-corrected chi connectivity index (χ2v) is 17.1. The number of benzene rings is 2. The summed E-state index contributed by atoms with van der Waals surface area (Å²) in [4.78, 5) is 53.7. The van der Waals surface area contributed by atoms with E-state index in [2.05, 4.69) is 63.8 Å². The summed E-state index contributed by atoms with van der Waals surface area (Å²) < 4.78 is 28.3. The minimum absolute atomic E-state index is 0.332. The molecule has 0 aliphatic heterocycles. The minimum Gasteiger partial charge on any atom is -0.326 e. The summed E-state index contributed by atoms with van der Waals surface area (Å²) in [6, 6.07) is 11.1. The van der Waals surface area contributed by atoms with E-state index in [1.54, 1.807) is 48.5 Å². The fourth-order valence-electron chi connectivity index (χ4n) is 6.03. The molecular formula is C38H58Br2N6O7P+. The first-order valence-electron chi connectivity index (χ1n) is 18.5. The molecule has 0 heterocycles. The maximum absolute atomic E-state index is 14.1. The molecule has 6 amide bonds. The summed E-state index contributed by atoms with van der Waals surface area (Å²) in [5.74, 6) is -2.68. The van der Waals surface area contributed by atoms with Crippen LogP contribution in [0.4, 0.5) is 21.0 Å². The van der Waals surface area contributed by atoms with E-state index in [1.165, 1.54) is 0 Å². The molecule has 0 bridgehead atoms. The number of halogens is 2. The molecule has 6 N–H and O–H groups in total. The summed E-state index contributed by atoms with van der Waals surface area (Å²) in [5, 5.41) is 16.9. The lowest BCUT2D eigenvalue weighted by Crippen LogP contribution is -2.63. The average molecular weight is 902 g/mol. The van der Waals surface area contributed by atoms with Gasteiger partial charge in [0.2, 0.25) is 23.3 Å². The van der Waals surface area contributed by atoms with E-state index in [0.717, 1.165) is 8.95 Å². The molecule has 2 aromatic carbocycles. The van der Waals surface area contributed by atoms with Gasteiger partial charge in [-0.1, -0.05) is 123 Å². The number of amides is 6. The van der Waals surface area contributed by atoms with Crippen molar-refractivity contribution < 1.29 is 32.8 Å². The van der Waals surface area contributed by atoms with Crippen LogP contribution < -0.4 is 31.9 Å². The van der Waals surface area contributed by atoms with Crippen LogP contribution in [0.5, 0.6) is 0 Å². The van der Waals surface area contributed by atoms with Gasteiger partial charge < -0.3 is 31.9 Å². The van der Waals surface area contributed by atoms with Crippen molar-refractivity contribution in [3.8, 4) is 0 Å². The normalized spacial score (nSPS) is 13.0. The van der Waals surface area contributed by atoms with Crippen LogP contribution in [-0.4, -0.2) is 47.4 Å². The van der Waals surface area contributed by atoms with Gasteiger partial charge in [0, 0.05) is 48.6 Å². The van der Waals surface area contributed by atoms with Crippen molar-refractivity contribution >= 4 is 75.4 Å². The number of rotatable bonds is 20. The molecule has 13 nitrogen and oxygen atoms in total. The Kier molecular flexibility index (Phi) is 19.0. The zero-order valence-electron chi connectivity index (χ0n) is 33.0. The third-order valence-electron chi connectivity index (χ3n) is 9.12. The lowest BCUT2D eigenvalue weighted by atomic mass is 9.88. The molecule has 0 fully saturated rings. The van der Waals surface area contributed by atoms with Crippen LogP contribution in [0.2, 0.25) is 0 Å². The lowest BCUT2D eigenvalue weighted by molar-refractivity contribution is -0.142. The van der Waals surface area contributed by atoms with E-state index in [9.17, 15) is 23.7 Å². The zero-order valence-corrected chi connectivity index (χ0v) is 37.0. The summed E-state index contributed by atoms with van der Waals surface area (Å²) in [6.45, 7) is 18.4. The van der Waals surface area contributed by atoms with E-state index in [4.69, 9.17) is 9.05 Å². The Morgan fingerprint density at radius 3 is 1.15 bits per heavy atom. The van der Waals surface area contributed by atoms with Crippen LogP contribution in [0, 0.1) is 23.7 Å². The first-order chi connectivity index (χ1) is 25.3. The Balaban J connectivity index is 2.31. The Morgan fingerprint density at radius 2 is 0.889 bits per heavy atom. The largest absolute Gasteiger partial charge is 0.702 e. The van der Waals surface area contributed by atoms with Crippen LogP contribution in [0.15, 0.2) is 57.5 Å². The molecule has 2 rings (SSSR count). The van der Waals surface area contributed by atoms with Gasteiger partial charge in [-0.3, -0.25) is 9.59 Å². The molecule has 0 aromatic heterocycles. The van der Waals surface area contributed by atoms with Crippen molar-refractivity contribution in [1.29, 1.82) is 0 Å². The minimum atomic E-state index is -2.99. The molecule has 0 saturated carbocycles.